The first-order valence-corrected chi connectivity index (χ1v) is 10.1. The molecule has 6 nitrogen and oxygen atoms in total. The molecule has 0 bridgehead atoms. The van der Waals surface area contributed by atoms with E-state index >= 15 is 0 Å². The lowest BCUT2D eigenvalue weighted by molar-refractivity contribution is -0.115. The van der Waals surface area contributed by atoms with Crippen molar-refractivity contribution in [2.45, 2.75) is 6.92 Å². The Morgan fingerprint density at radius 3 is 2.75 bits per heavy atom. The van der Waals surface area contributed by atoms with Crippen LogP contribution < -0.4 is 15.4 Å². The third-order valence-electron chi connectivity index (χ3n) is 3.93. The van der Waals surface area contributed by atoms with Gasteiger partial charge in [0.2, 0.25) is 5.91 Å². The number of hydrogen-bond acceptors (Lipinski definition) is 5. The van der Waals surface area contributed by atoms with Gasteiger partial charge in [-0.15, -0.1) is 11.3 Å². The second-order valence-electron chi connectivity index (χ2n) is 5.93. The van der Waals surface area contributed by atoms with Gasteiger partial charge in [0.15, 0.2) is 0 Å². The van der Waals surface area contributed by atoms with Gasteiger partial charge >= 0.3 is 0 Å². The van der Waals surface area contributed by atoms with Crippen LogP contribution in [0, 0.1) is 6.92 Å². The molecule has 2 amide bonds. The number of benzene rings is 2. The Morgan fingerprint density at radius 1 is 1.21 bits per heavy atom. The van der Waals surface area contributed by atoms with Crippen molar-refractivity contribution in [1.82, 2.24) is 10.3 Å². The molecule has 0 unspecified atom stereocenters. The summed E-state index contributed by atoms with van der Waals surface area (Å²) in [6, 6.07) is 13.0. The van der Waals surface area contributed by atoms with E-state index in [1.165, 1.54) is 11.3 Å². The molecule has 0 aliphatic heterocycles. The van der Waals surface area contributed by atoms with E-state index in [9.17, 15) is 9.59 Å². The number of carbonyl (C=O) groups is 2. The van der Waals surface area contributed by atoms with E-state index in [0.29, 0.717) is 16.4 Å². The second kappa shape index (κ2) is 8.99. The zero-order valence-electron chi connectivity index (χ0n) is 15.3. The number of rotatable bonds is 6. The fourth-order valence-corrected chi connectivity index (χ4v) is 3.58. The van der Waals surface area contributed by atoms with Gasteiger partial charge in [-0.25, -0.2) is 4.98 Å². The van der Waals surface area contributed by atoms with Crippen molar-refractivity contribution in [1.29, 1.82) is 0 Å². The maximum atomic E-state index is 12.3. The molecule has 3 rings (SSSR count). The monoisotopic (exact) mass is 459 g/mol. The van der Waals surface area contributed by atoms with Gasteiger partial charge in [-0.1, -0.05) is 28.1 Å². The number of aromatic nitrogens is 1. The smallest absolute Gasteiger partial charge is 0.271 e. The van der Waals surface area contributed by atoms with E-state index < -0.39 is 5.91 Å². The first-order valence-electron chi connectivity index (χ1n) is 8.41. The lowest BCUT2D eigenvalue weighted by Crippen LogP contribution is -2.33. The van der Waals surface area contributed by atoms with Crippen molar-refractivity contribution in [3.63, 3.8) is 0 Å². The summed E-state index contributed by atoms with van der Waals surface area (Å²) < 4.78 is 6.30. The number of ether oxygens (including phenoxy) is 1. The molecular formula is C20H18BrN3O3S. The van der Waals surface area contributed by atoms with Crippen LogP contribution in [0.5, 0.6) is 5.75 Å². The number of methoxy groups -OCH3 is 1. The predicted molar refractivity (Wildman–Crippen MR) is 114 cm³/mol. The summed E-state index contributed by atoms with van der Waals surface area (Å²) >= 11 is 4.76. The number of amides is 2. The highest BCUT2D eigenvalue weighted by atomic mass is 79.9. The fourth-order valence-electron chi connectivity index (χ4n) is 2.50. The Balaban J connectivity index is 1.60. The number of carbonyl (C=O) groups excluding carboxylic acids is 2. The highest BCUT2D eigenvalue weighted by Crippen LogP contribution is 2.31. The summed E-state index contributed by atoms with van der Waals surface area (Å²) in [6.07, 6.45) is 0. The van der Waals surface area contributed by atoms with E-state index in [-0.39, 0.29) is 18.1 Å². The van der Waals surface area contributed by atoms with Crippen LogP contribution in [-0.2, 0) is 4.79 Å². The van der Waals surface area contributed by atoms with Crippen molar-refractivity contribution < 1.29 is 14.3 Å². The van der Waals surface area contributed by atoms with E-state index in [1.54, 1.807) is 18.6 Å². The molecule has 0 aliphatic carbocycles. The Hall–Kier alpha value is -2.71. The van der Waals surface area contributed by atoms with Crippen molar-refractivity contribution in [2.75, 3.05) is 19.0 Å². The minimum atomic E-state index is -0.403. The van der Waals surface area contributed by atoms with Gasteiger partial charge in [0.25, 0.3) is 5.91 Å². The molecule has 0 saturated heterocycles. The van der Waals surface area contributed by atoms with Gasteiger partial charge in [0, 0.05) is 15.5 Å². The minimum Gasteiger partial charge on any atom is -0.496 e. The van der Waals surface area contributed by atoms with Crippen LogP contribution in [0.2, 0.25) is 0 Å². The summed E-state index contributed by atoms with van der Waals surface area (Å²) in [5, 5.41) is 7.68. The van der Waals surface area contributed by atoms with Gasteiger partial charge in [-0.2, -0.15) is 0 Å². The van der Waals surface area contributed by atoms with Crippen LogP contribution in [0.1, 0.15) is 16.1 Å². The number of hydrogen-bond donors (Lipinski definition) is 2. The molecule has 8 heteroatoms. The molecule has 0 spiro atoms. The number of halogens is 1. The third-order valence-corrected chi connectivity index (χ3v) is 5.69. The second-order valence-corrected chi connectivity index (χ2v) is 7.65. The molecule has 28 heavy (non-hydrogen) atoms. The van der Waals surface area contributed by atoms with Gasteiger partial charge < -0.3 is 15.4 Å². The van der Waals surface area contributed by atoms with Crippen molar-refractivity contribution in [3.8, 4) is 16.3 Å². The van der Waals surface area contributed by atoms with Crippen molar-refractivity contribution in [3.05, 3.63) is 63.6 Å². The van der Waals surface area contributed by atoms with E-state index in [1.807, 2.05) is 43.3 Å². The Bertz CT molecular complexity index is 1020. The maximum Gasteiger partial charge on any atom is 0.271 e. The molecule has 3 aromatic rings. The zero-order chi connectivity index (χ0) is 20.1. The lowest BCUT2D eigenvalue weighted by Gasteiger charge is -2.08. The quantitative estimate of drug-likeness (QED) is 0.576. The number of para-hydroxylation sites is 1. The Kier molecular flexibility index (Phi) is 6.43. The van der Waals surface area contributed by atoms with E-state index in [4.69, 9.17) is 4.74 Å². The van der Waals surface area contributed by atoms with Crippen molar-refractivity contribution >= 4 is 44.8 Å². The first-order chi connectivity index (χ1) is 13.5. The number of nitrogens with zero attached hydrogens (tertiary/aromatic N) is 1. The number of thiazole rings is 1. The highest BCUT2D eigenvalue weighted by molar-refractivity contribution is 9.10. The molecule has 2 N–H and O–H groups in total. The average Bonchev–Trinajstić information content (AvgIpc) is 3.19. The Labute approximate surface area is 175 Å². The highest BCUT2D eigenvalue weighted by Gasteiger charge is 2.15. The van der Waals surface area contributed by atoms with Crippen molar-refractivity contribution in [2.24, 2.45) is 0 Å². The molecule has 0 fully saturated rings. The van der Waals surface area contributed by atoms with Gasteiger partial charge in [0.05, 0.1) is 19.2 Å². The lowest BCUT2D eigenvalue weighted by atomic mass is 10.2. The maximum absolute atomic E-state index is 12.3. The van der Waals surface area contributed by atoms with Crippen LogP contribution in [0.25, 0.3) is 10.6 Å². The van der Waals surface area contributed by atoms with Crippen LogP contribution in [0.3, 0.4) is 0 Å². The van der Waals surface area contributed by atoms with Crippen LogP contribution >= 0.6 is 27.3 Å². The molecule has 2 aromatic carbocycles. The topological polar surface area (TPSA) is 80.3 Å². The van der Waals surface area contributed by atoms with Gasteiger partial charge in [0.1, 0.15) is 16.5 Å². The summed E-state index contributed by atoms with van der Waals surface area (Å²) in [4.78, 5) is 28.8. The summed E-state index contributed by atoms with van der Waals surface area (Å²) in [5.41, 5.74) is 2.76. The summed E-state index contributed by atoms with van der Waals surface area (Å²) in [7, 11) is 1.59. The fraction of sp³-hybridized carbons (Fsp3) is 0.150. The molecule has 0 atom stereocenters. The van der Waals surface area contributed by atoms with Gasteiger partial charge in [-0.05, 0) is 42.8 Å². The predicted octanol–water partition coefficient (Wildman–Crippen LogP) is 4.26. The molecule has 0 radical (unpaired) electrons. The summed E-state index contributed by atoms with van der Waals surface area (Å²) in [6.45, 7) is 1.79. The molecular weight excluding hydrogens is 442 g/mol. The summed E-state index contributed by atoms with van der Waals surface area (Å²) in [5.74, 6) is -0.0252. The van der Waals surface area contributed by atoms with Crippen LogP contribution in [0.15, 0.2) is 52.3 Å². The average molecular weight is 460 g/mol. The zero-order valence-corrected chi connectivity index (χ0v) is 17.7. The SMILES string of the molecule is COc1ccccc1-c1nc(C(=O)NCC(=O)Nc2ccc(Br)c(C)c2)cs1. The third kappa shape index (κ3) is 4.76. The number of aryl methyl sites for hydroxylation is 1. The minimum absolute atomic E-state index is 0.143. The molecule has 1 heterocycles. The number of nitrogens with one attached hydrogen (secondary N) is 2. The molecule has 0 saturated carbocycles. The Morgan fingerprint density at radius 2 is 2.00 bits per heavy atom. The standard InChI is InChI=1S/C20H18BrN3O3S/c1-12-9-13(7-8-15(12)21)23-18(25)10-22-19(26)16-11-28-20(24-16)14-5-3-4-6-17(14)27-2/h3-9,11H,10H2,1-2H3,(H,22,26)(H,23,25). The first kappa shape index (κ1) is 20.0. The number of anilines is 1. The molecule has 1 aromatic heterocycles. The van der Waals surface area contributed by atoms with Gasteiger partial charge in [-0.3, -0.25) is 9.59 Å². The van der Waals surface area contributed by atoms with E-state index in [2.05, 4.69) is 31.5 Å². The van der Waals surface area contributed by atoms with E-state index in [0.717, 1.165) is 15.6 Å². The van der Waals surface area contributed by atoms with Crippen LogP contribution in [-0.4, -0.2) is 30.5 Å². The molecule has 144 valence electrons. The largest absolute Gasteiger partial charge is 0.496 e. The normalized spacial score (nSPS) is 10.4. The molecule has 0 aliphatic rings. The van der Waals surface area contributed by atoms with Crippen LogP contribution in [0.4, 0.5) is 5.69 Å².